The van der Waals surface area contributed by atoms with Crippen LogP contribution in [0.3, 0.4) is 0 Å². The number of hydrogen-bond donors (Lipinski definition) is 1. The molecular weight excluding hydrogens is 492 g/mol. The van der Waals surface area contributed by atoms with Crippen LogP contribution in [0.5, 0.6) is 0 Å². The Kier molecular flexibility index (Phi) is 9.11. The van der Waals surface area contributed by atoms with E-state index in [1.54, 1.807) is 32.0 Å². The van der Waals surface area contributed by atoms with Gasteiger partial charge < -0.3 is 10.2 Å². The van der Waals surface area contributed by atoms with Crippen LogP contribution < -0.4 is 9.62 Å². The van der Waals surface area contributed by atoms with E-state index in [1.807, 2.05) is 0 Å². The zero-order chi connectivity index (χ0) is 24.9. The third-order valence-corrected chi connectivity index (χ3v) is 6.62. The van der Waals surface area contributed by atoms with Crippen molar-refractivity contribution in [3.63, 3.8) is 0 Å². The number of nitrogens with zero attached hydrogens (tertiary/aromatic N) is 2. The molecule has 1 atom stereocenters. The lowest BCUT2D eigenvalue weighted by Crippen LogP contribution is -2.52. The van der Waals surface area contributed by atoms with E-state index in [9.17, 15) is 22.4 Å². The number of carbonyl (C=O) groups excluding carboxylic acids is 2. The van der Waals surface area contributed by atoms with Crippen molar-refractivity contribution in [2.75, 3.05) is 17.1 Å². The molecule has 0 heterocycles. The molecule has 0 spiro atoms. The molecule has 1 N–H and O–H groups in total. The van der Waals surface area contributed by atoms with Gasteiger partial charge >= 0.3 is 0 Å². The van der Waals surface area contributed by atoms with Gasteiger partial charge in [-0.25, -0.2) is 12.8 Å². The second kappa shape index (κ2) is 11.2. The average Bonchev–Trinajstić information content (AvgIpc) is 2.70. The summed E-state index contributed by atoms with van der Waals surface area (Å²) in [4.78, 5) is 27.2. The van der Waals surface area contributed by atoms with Gasteiger partial charge in [0.25, 0.3) is 0 Å². The fourth-order valence-electron chi connectivity index (χ4n) is 3.09. The number of sulfonamides is 1. The lowest BCUT2D eigenvalue weighted by molar-refractivity contribution is -0.139. The Balaban J connectivity index is 2.47. The van der Waals surface area contributed by atoms with Gasteiger partial charge in [0.05, 0.1) is 11.9 Å². The van der Waals surface area contributed by atoms with Gasteiger partial charge in [-0.05, 0) is 45.0 Å². The average molecular weight is 518 g/mol. The summed E-state index contributed by atoms with van der Waals surface area (Å²) in [7, 11) is -4.03. The molecule has 2 aromatic carbocycles. The van der Waals surface area contributed by atoms with Crippen molar-refractivity contribution in [1.82, 2.24) is 10.2 Å². The SMILES string of the molecule is CC(C)NC(=O)C(C)N(Cc1c(Cl)cccc1Cl)C(=O)CN(c1ccccc1F)S(C)(=O)=O. The smallest absolute Gasteiger partial charge is 0.244 e. The second-order valence-electron chi connectivity index (χ2n) is 7.78. The molecule has 0 aliphatic heterocycles. The summed E-state index contributed by atoms with van der Waals surface area (Å²) in [5.74, 6) is -1.98. The summed E-state index contributed by atoms with van der Waals surface area (Å²) in [5.41, 5.74) is 0.124. The Morgan fingerprint density at radius 3 is 2.12 bits per heavy atom. The first-order chi connectivity index (χ1) is 15.3. The number of halogens is 3. The van der Waals surface area contributed by atoms with Crippen LogP contribution in [0.4, 0.5) is 10.1 Å². The molecule has 0 radical (unpaired) electrons. The third kappa shape index (κ3) is 7.06. The van der Waals surface area contributed by atoms with Gasteiger partial charge in [0.15, 0.2) is 0 Å². The first-order valence-corrected chi connectivity index (χ1v) is 12.7. The molecule has 0 aromatic heterocycles. The van der Waals surface area contributed by atoms with Gasteiger partial charge in [-0.15, -0.1) is 0 Å². The Labute approximate surface area is 203 Å². The summed E-state index contributed by atoms with van der Waals surface area (Å²) in [6.45, 7) is 4.17. The quantitative estimate of drug-likeness (QED) is 0.547. The predicted octanol–water partition coefficient (Wildman–Crippen LogP) is 3.84. The Hall–Kier alpha value is -2.36. The van der Waals surface area contributed by atoms with Crippen LogP contribution in [0.2, 0.25) is 10.0 Å². The number of anilines is 1. The van der Waals surface area contributed by atoms with Crippen LogP contribution in [0.25, 0.3) is 0 Å². The molecular formula is C22H26Cl2FN3O4S. The highest BCUT2D eigenvalue weighted by atomic mass is 35.5. The van der Waals surface area contributed by atoms with Crippen molar-refractivity contribution in [2.45, 2.75) is 39.4 Å². The van der Waals surface area contributed by atoms with Gasteiger partial charge in [-0.2, -0.15) is 0 Å². The zero-order valence-corrected chi connectivity index (χ0v) is 21.0. The van der Waals surface area contributed by atoms with Gasteiger partial charge in [-0.3, -0.25) is 13.9 Å². The summed E-state index contributed by atoms with van der Waals surface area (Å²) in [6.07, 6.45) is 0.872. The zero-order valence-electron chi connectivity index (χ0n) is 18.7. The molecule has 11 heteroatoms. The molecule has 33 heavy (non-hydrogen) atoms. The van der Waals surface area contributed by atoms with Gasteiger partial charge in [-0.1, -0.05) is 41.4 Å². The molecule has 180 valence electrons. The first kappa shape index (κ1) is 26.9. The van der Waals surface area contributed by atoms with Crippen LogP contribution in [0.15, 0.2) is 42.5 Å². The minimum atomic E-state index is -4.03. The molecule has 0 saturated heterocycles. The maximum Gasteiger partial charge on any atom is 0.244 e. The number of carbonyl (C=O) groups is 2. The van der Waals surface area contributed by atoms with Crippen molar-refractivity contribution in [1.29, 1.82) is 0 Å². The summed E-state index contributed by atoms with van der Waals surface area (Å²) >= 11 is 12.5. The van der Waals surface area contributed by atoms with E-state index in [0.29, 0.717) is 9.87 Å². The molecule has 1 unspecified atom stereocenters. The molecule has 2 rings (SSSR count). The summed E-state index contributed by atoms with van der Waals surface area (Å²) in [5, 5.41) is 3.29. The van der Waals surface area contributed by atoms with Crippen molar-refractivity contribution in [3.05, 3.63) is 63.9 Å². The Morgan fingerprint density at radius 1 is 1.03 bits per heavy atom. The number of amides is 2. The maximum atomic E-state index is 14.4. The van der Waals surface area contributed by atoms with Crippen molar-refractivity contribution >= 4 is 50.7 Å². The minimum absolute atomic E-state index is 0.154. The number of hydrogen-bond acceptors (Lipinski definition) is 4. The highest BCUT2D eigenvalue weighted by Crippen LogP contribution is 2.27. The fourth-order valence-corrected chi connectivity index (χ4v) is 4.46. The van der Waals surface area contributed by atoms with Crippen molar-refractivity contribution < 1.29 is 22.4 Å². The molecule has 0 bridgehead atoms. The van der Waals surface area contributed by atoms with Crippen molar-refractivity contribution in [3.8, 4) is 0 Å². The van der Waals surface area contributed by atoms with Crippen LogP contribution in [-0.2, 0) is 26.2 Å². The van der Waals surface area contributed by atoms with Crippen molar-refractivity contribution in [2.24, 2.45) is 0 Å². The lowest BCUT2D eigenvalue weighted by atomic mass is 10.1. The van der Waals surface area contributed by atoms with Gasteiger partial charge in [0, 0.05) is 28.2 Å². The van der Waals surface area contributed by atoms with E-state index in [4.69, 9.17) is 23.2 Å². The Bertz CT molecular complexity index is 1110. The molecule has 0 aliphatic rings. The largest absolute Gasteiger partial charge is 0.352 e. The van der Waals surface area contributed by atoms with E-state index >= 15 is 0 Å². The van der Waals surface area contributed by atoms with E-state index in [1.165, 1.54) is 30.0 Å². The van der Waals surface area contributed by atoms with E-state index in [0.717, 1.165) is 12.3 Å². The van der Waals surface area contributed by atoms with Gasteiger partial charge in [0.1, 0.15) is 18.4 Å². The third-order valence-electron chi connectivity index (χ3n) is 4.79. The van der Waals surface area contributed by atoms with Crippen LogP contribution >= 0.6 is 23.2 Å². The summed E-state index contributed by atoms with van der Waals surface area (Å²) in [6, 6.07) is 8.86. The van der Waals surface area contributed by atoms with Gasteiger partial charge in [0.2, 0.25) is 21.8 Å². The van der Waals surface area contributed by atoms with Crippen LogP contribution in [0, 0.1) is 5.82 Å². The number of rotatable bonds is 9. The topological polar surface area (TPSA) is 86.8 Å². The van der Waals surface area contributed by atoms with E-state index < -0.39 is 40.2 Å². The fraction of sp³-hybridized carbons (Fsp3) is 0.364. The summed E-state index contributed by atoms with van der Waals surface area (Å²) < 4.78 is 39.9. The second-order valence-corrected chi connectivity index (χ2v) is 10.5. The molecule has 7 nitrogen and oxygen atoms in total. The monoisotopic (exact) mass is 517 g/mol. The van der Waals surface area contributed by atoms with Crippen LogP contribution in [0.1, 0.15) is 26.3 Å². The number of benzene rings is 2. The van der Waals surface area contributed by atoms with E-state index in [-0.39, 0.29) is 28.3 Å². The molecule has 0 saturated carbocycles. The lowest BCUT2D eigenvalue weighted by Gasteiger charge is -2.32. The predicted molar refractivity (Wildman–Crippen MR) is 128 cm³/mol. The number of nitrogens with one attached hydrogen (secondary N) is 1. The molecule has 2 aromatic rings. The molecule has 0 fully saturated rings. The Morgan fingerprint density at radius 2 is 1.61 bits per heavy atom. The van der Waals surface area contributed by atoms with E-state index in [2.05, 4.69) is 5.32 Å². The minimum Gasteiger partial charge on any atom is -0.352 e. The first-order valence-electron chi connectivity index (χ1n) is 10.1. The standard InChI is InChI=1S/C22H26Cl2FN3O4S/c1-14(2)26-22(30)15(3)27(12-16-17(23)8-7-9-18(16)24)21(29)13-28(33(4,31)32)20-11-6-5-10-19(20)25/h5-11,14-15H,12-13H2,1-4H3,(H,26,30). The van der Waals surface area contributed by atoms with Crippen LogP contribution in [-0.4, -0.2) is 50.0 Å². The molecule has 0 aliphatic carbocycles. The maximum absolute atomic E-state index is 14.4. The normalized spacial score (nSPS) is 12.4. The molecule has 2 amide bonds. The number of para-hydroxylation sites is 1. The highest BCUT2D eigenvalue weighted by molar-refractivity contribution is 7.92. The highest BCUT2D eigenvalue weighted by Gasteiger charge is 2.31.